The van der Waals surface area contributed by atoms with Gasteiger partial charge in [0.2, 0.25) is 5.91 Å². The minimum absolute atomic E-state index is 0.177. The van der Waals surface area contributed by atoms with Crippen molar-refractivity contribution in [3.8, 4) is 5.75 Å². The number of hydrogen-bond acceptors (Lipinski definition) is 6. The molecule has 8 heteroatoms. The quantitative estimate of drug-likeness (QED) is 0.534. The number of piperazine rings is 1. The zero-order chi connectivity index (χ0) is 22.7. The zero-order valence-electron chi connectivity index (χ0n) is 18.4. The maximum atomic E-state index is 13.1. The van der Waals surface area contributed by atoms with Gasteiger partial charge in [-0.25, -0.2) is 9.69 Å². The van der Waals surface area contributed by atoms with E-state index in [4.69, 9.17) is 9.47 Å². The average molecular weight is 439 g/mol. The molecule has 168 valence electrons. The molecule has 2 heterocycles. The van der Waals surface area contributed by atoms with Gasteiger partial charge in [0, 0.05) is 11.8 Å². The highest BCUT2D eigenvalue weighted by Gasteiger charge is 2.46. The van der Waals surface area contributed by atoms with E-state index in [1.807, 2.05) is 18.2 Å². The molecule has 8 nitrogen and oxygen atoms in total. The lowest BCUT2D eigenvalue weighted by Crippen LogP contribution is -3.19. The third-order valence-electron chi connectivity index (χ3n) is 6.10. The Labute approximate surface area is 187 Å². The van der Waals surface area contributed by atoms with Crippen LogP contribution < -0.4 is 19.4 Å². The first-order valence-electron chi connectivity index (χ1n) is 10.9. The van der Waals surface area contributed by atoms with Crippen LogP contribution in [0.15, 0.2) is 48.5 Å². The molecule has 0 aromatic heterocycles. The molecule has 2 amide bonds. The van der Waals surface area contributed by atoms with Crippen molar-refractivity contribution in [2.75, 3.05) is 49.7 Å². The Morgan fingerprint density at radius 3 is 2.44 bits per heavy atom. The number of rotatable bonds is 6. The summed E-state index contributed by atoms with van der Waals surface area (Å²) in [4.78, 5) is 42.3. The SMILES string of the molecule is CCOC(=O)c1ccc(N2C(=O)C[C@@H]([NH+]3CCN(c4cccc(OC)c4)CC3)C2=O)cc1. The molecule has 1 N–H and O–H groups in total. The van der Waals surface area contributed by atoms with Gasteiger partial charge in [0.1, 0.15) is 5.75 Å². The first-order valence-corrected chi connectivity index (χ1v) is 10.9. The molecule has 1 atom stereocenters. The molecule has 2 aromatic rings. The Kier molecular flexibility index (Phi) is 6.41. The fourth-order valence-electron chi connectivity index (χ4n) is 4.39. The lowest BCUT2D eigenvalue weighted by molar-refractivity contribution is -0.915. The summed E-state index contributed by atoms with van der Waals surface area (Å²) in [5.41, 5.74) is 1.98. The van der Waals surface area contributed by atoms with Gasteiger partial charge in [-0.3, -0.25) is 9.59 Å². The van der Waals surface area contributed by atoms with Crippen LogP contribution in [0.25, 0.3) is 0 Å². The first-order chi connectivity index (χ1) is 15.5. The Balaban J connectivity index is 1.40. The van der Waals surface area contributed by atoms with E-state index in [1.54, 1.807) is 38.3 Å². The Bertz CT molecular complexity index is 999. The van der Waals surface area contributed by atoms with Gasteiger partial charge in [0.15, 0.2) is 6.04 Å². The van der Waals surface area contributed by atoms with Crippen LogP contribution >= 0.6 is 0 Å². The topological polar surface area (TPSA) is 80.6 Å². The van der Waals surface area contributed by atoms with Gasteiger partial charge in [-0.1, -0.05) is 6.07 Å². The average Bonchev–Trinajstić information content (AvgIpc) is 3.13. The fraction of sp³-hybridized carbons (Fsp3) is 0.375. The van der Waals surface area contributed by atoms with Crippen LogP contribution in [0.4, 0.5) is 11.4 Å². The molecule has 0 unspecified atom stereocenters. The van der Waals surface area contributed by atoms with Crippen LogP contribution in [0.2, 0.25) is 0 Å². The normalized spacial score (nSPS) is 19.4. The van der Waals surface area contributed by atoms with E-state index in [9.17, 15) is 14.4 Å². The van der Waals surface area contributed by atoms with Gasteiger partial charge in [-0.2, -0.15) is 0 Å². The van der Waals surface area contributed by atoms with Crippen LogP contribution in [-0.4, -0.2) is 63.7 Å². The molecule has 2 aromatic carbocycles. The number of quaternary nitrogens is 1. The molecule has 0 radical (unpaired) electrons. The summed E-state index contributed by atoms with van der Waals surface area (Å²) in [7, 11) is 1.65. The van der Waals surface area contributed by atoms with Gasteiger partial charge in [0.05, 0.1) is 57.6 Å². The lowest BCUT2D eigenvalue weighted by atomic mass is 10.1. The molecule has 0 bridgehead atoms. The zero-order valence-corrected chi connectivity index (χ0v) is 18.4. The molecule has 2 aliphatic heterocycles. The monoisotopic (exact) mass is 438 g/mol. The summed E-state index contributed by atoms with van der Waals surface area (Å²) < 4.78 is 10.3. The number of methoxy groups -OCH3 is 1. The largest absolute Gasteiger partial charge is 0.497 e. The van der Waals surface area contributed by atoms with Crippen molar-refractivity contribution in [1.82, 2.24) is 0 Å². The third kappa shape index (κ3) is 4.31. The van der Waals surface area contributed by atoms with Gasteiger partial charge in [0.25, 0.3) is 5.91 Å². The second kappa shape index (κ2) is 9.40. The van der Waals surface area contributed by atoms with Crippen molar-refractivity contribution >= 4 is 29.2 Å². The van der Waals surface area contributed by atoms with E-state index in [0.717, 1.165) is 42.5 Å². The van der Waals surface area contributed by atoms with E-state index in [2.05, 4.69) is 11.0 Å². The van der Waals surface area contributed by atoms with E-state index in [0.29, 0.717) is 17.9 Å². The van der Waals surface area contributed by atoms with Crippen LogP contribution in [-0.2, 0) is 14.3 Å². The maximum absolute atomic E-state index is 13.1. The molecule has 2 saturated heterocycles. The standard InChI is InChI=1S/C24H27N3O5/c1-3-32-24(30)17-7-9-18(10-8-17)27-22(28)16-21(23(27)29)26-13-11-25(12-14-26)19-5-4-6-20(15-19)31-2/h4-10,15,21H,3,11-14,16H2,1-2H3/p+1/t21-/m1/s1. The van der Waals surface area contributed by atoms with Crippen molar-refractivity contribution < 1.29 is 28.8 Å². The minimum Gasteiger partial charge on any atom is -0.497 e. The van der Waals surface area contributed by atoms with Crippen LogP contribution in [0.3, 0.4) is 0 Å². The highest BCUT2D eigenvalue weighted by molar-refractivity contribution is 6.22. The van der Waals surface area contributed by atoms with Crippen molar-refractivity contribution in [3.05, 3.63) is 54.1 Å². The van der Waals surface area contributed by atoms with Gasteiger partial charge < -0.3 is 19.3 Å². The lowest BCUT2D eigenvalue weighted by Gasteiger charge is -2.35. The fourth-order valence-corrected chi connectivity index (χ4v) is 4.39. The number of benzene rings is 2. The third-order valence-corrected chi connectivity index (χ3v) is 6.10. The Morgan fingerprint density at radius 1 is 1.06 bits per heavy atom. The number of esters is 1. The molecular formula is C24H28N3O5+. The summed E-state index contributed by atoms with van der Waals surface area (Å²) in [6.45, 7) is 5.18. The second-order valence-corrected chi connectivity index (χ2v) is 7.94. The van der Waals surface area contributed by atoms with E-state index >= 15 is 0 Å². The first kappa shape index (κ1) is 21.8. The van der Waals surface area contributed by atoms with Gasteiger partial charge in [-0.05, 0) is 43.3 Å². The number of hydrogen-bond donors (Lipinski definition) is 1. The highest BCUT2D eigenvalue weighted by atomic mass is 16.5. The summed E-state index contributed by atoms with van der Waals surface area (Å²) in [6.07, 6.45) is 0.201. The summed E-state index contributed by atoms with van der Waals surface area (Å²) in [6, 6.07) is 14.0. The van der Waals surface area contributed by atoms with Crippen molar-refractivity contribution in [3.63, 3.8) is 0 Å². The Hall–Kier alpha value is -3.39. The van der Waals surface area contributed by atoms with E-state index < -0.39 is 5.97 Å². The summed E-state index contributed by atoms with van der Waals surface area (Å²) in [5.74, 6) is 0.0168. The second-order valence-electron chi connectivity index (χ2n) is 7.94. The molecule has 2 fully saturated rings. The van der Waals surface area contributed by atoms with Crippen LogP contribution in [0, 0.1) is 0 Å². The van der Waals surface area contributed by atoms with Crippen molar-refractivity contribution in [2.24, 2.45) is 0 Å². The smallest absolute Gasteiger partial charge is 0.338 e. The predicted molar refractivity (Wildman–Crippen MR) is 119 cm³/mol. The van der Waals surface area contributed by atoms with E-state index in [-0.39, 0.29) is 24.3 Å². The molecule has 0 saturated carbocycles. The van der Waals surface area contributed by atoms with Gasteiger partial charge >= 0.3 is 5.97 Å². The number of imide groups is 1. The molecule has 0 spiro atoms. The number of ether oxygens (including phenoxy) is 2. The van der Waals surface area contributed by atoms with Gasteiger partial charge in [-0.15, -0.1) is 0 Å². The highest BCUT2D eigenvalue weighted by Crippen LogP contribution is 2.24. The maximum Gasteiger partial charge on any atom is 0.338 e. The number of amides is 2. The number of nitrogens with one attached hydrogen (secondary N) is 1. The molecular weight excluding hydrogens is 410 g/mol. The Morgan fingerprint density at radius 2 is 1.78 bits per heavy atom. The number of anilines is 2. The van der Waals surface area contributed by atoms with E-state index in [1.165, 1.54) is 4.90 Å². The van der Waals surface area contributed by atoms with Crippen LogP contribution in [0.1, 0.15) is 23.7 Å². The molecule has 2 aliphatic rings. The number of carbonyl (C=O) groups excluding carboxylic acids is 3. The molecule has 4 rings (SSSR count). The van der Waals surface area contributed by atoms with Crippen molar-refractivity contribution in [2.45, 2.75) is 19.4 Å². The minimum atomic E-state index is -0.422. The summed E-state index contributed by atoms with van der Waals surface area (Å²) in [5, 5.41) is 0. The predicted octanol–water partition coefficient (Wildman–Crippen LogP) is 0.909. The number of nitrogens with zero attached hydrogens (tertiary/aromatic N) is 2. The van der Waals surface area contributed by atoms with Crippen LogP contribution in [0.5, 0.6) is 5.75 Å². The molecule has 32 heavy (non-hydrogen) atoms. The van der Waals surface area contributed by atoms with Crippen molar-refractivity contribution in [1.29, 1.82) is 0 Å². The number of carbonyl (C=O) groups is 3. The molecule has 0 aliphatic carbocycles. The summed E-state index contributed by atoms with van der Waals surface area (Å²) >= 11 is 0.